The van der Waals surface area contributed by atoms with Gasteiger partial charge in [0.25, 0.3) is 0 Å². The quantitative estimate of drug-likeness (QED) is 0.448. The third-order valence-electron chi connectivity index (χ3n) is 1.44. The predicted octanol–water partition coefficient (Wildman–Crippen LogP) is 4.56. The van der Waals surface area contributed by atoms with Crippen LogP contribution in [0.1, 0.15) is 0 Å². The Labute approximate surface area is 113 Å². The molecule has 0 saturated heterocycles. The molecule has 0 aliphatic carbocycles. The van der Waals surface area contributed by atoms with Gasteiger partial charge in [-0.2, -0.15) is 0 Å². The van der Waals surface area contributed by atoms with E-state index in [2.05, 4.69) is 53.1 Å². The number of nitrogens with one attached hydrogen (secondary N) is 1. The molecule has 0 bridgehead atoms. The number of benzene rings is 1. The lowest BCUT2D eigenvalue weighted by Crippen LogP contribution is -2.05. The van der Waals surface area contributed by atoms with Gasteiger partial charge in [-0.3, -0.25) is 0 Å². The molecule has 6 heteroatoms. The molecule has 0 heterocycles. The van der Waals surface area contributed by atoms with Crippen LogP contribution in [0.25, 0.3) is 0 Å². The van der Waals surface area contributed by atoms with Crippen molar-refractivity contribution < 1.29 is 4.74 Å². The average Bonchev–Trinajstić information content (AvgIpc) is 2.09. The van der Waals surface area contributed by atoms with E-state index in [1.807, 2.05) is 12.1 Å². The van der Waals surface area contributed by atoms with Gasteiger partial charge in [-0.25, -0.2) is 0 Å². The maximum atomic E-state index is 5.38. The van der Waals surface area contributed by atoms with E-state index in [1.54, 1.807) is 0 Å². The van der Waals surface area contributed by atoms with Crippen LogP contribution in [0.2, 0.25) is 0 Å². The molecule has 0 unspecified atom stereocenters. The number of alkyl halides is 1. The lowest BCUT2D eigenvalue weighted by atomic mass is 10.3. The van der Waals surface area contributed by atoms with Gasteiger partial charge in [-0.15, -0.1) is 0 Å². The zero-order chi connectivity index (χ0) is 10.6. The second kappa shape index (κ2) is 6.33. The van der Waals surface area contributed by atoms with E-state index in [0.29, 0.717) is 6.73 Å². The first-order valence-corrected chi connectivity index (χ1v) is 6.58. The molecule has 78 valence electrons. The molecule has 0 aromatic heterocycles. The monoisotopic (exact) mass is 405 g/mol. The molecule has 0 radical (unpaired) electrons. The van der Waals surface area contributed by atoms with Gasteiger partial charge in [0.2, 0.25) is 0 Å². The summed E-state index contributed by atoms with van der Waals surface area (Å²) in [5.74, 6) is 0. The third-order valence-corrected chi connectivity index (χ3v) is 3.30. The van der Waals surface area contributed by atoms with Crippen LogP contribution in [0, 0.1) is 0 Å². The fourth-order valence-corrected chi connectivity index (χ4v) is 3.49. The summed E-state index contributed by atoms with van der Waals surface area (Å²) < 4.78 is 7.89. The number of hydrogen-bond acceptors (Lipinski definition) is 2. The number of halogens is 4. The Balaban J connectivity index is 2.75. The van der Waals surface area contributed by atoms with Crippen molar-refractivity contribution in [3.63, 3.8) is 0 Å². The maximum absolute atomic E-state index is 5.38. The SMILES string of the molecule is ClCOCNc1c(Br)cc(Br)cc1Br. The van der Waals surface area contributed by atoms with Crippen molar-refractivity contribution in [3.8, 4) is 0 Å². The molecule has 1 N–H and O–H groups in total. The van der Waals surface area contributed by atoms with E-state index in [-0.39, 0.29) is 6.07 Å². The normalized spacial score (nSPS) is 10.3. The Morgan fingerprint density at radius 1 is 1.21 bits per heavy atom. The zero-order valence-corrected chi connectivity index (χ0v) is 12.5. The standard InChI is InChI=1S/C8H7Br3ClNO/c9-5-1-6(10)8(7(11)2-5)13-4-14-3-12/h1-2,13H,3-4H2. The molecule has 0 amide bonds. The highest BCUT2D eigenvalue weighted by atomic mass is 79.9. The van der Waals surface area contributed by atoms with E-state index in [4.69, 9.17) is 16.3 Å². The molecule has 0 atom stereocenters. The zero-order valence-electron chi connectivity index (χ0n) is 6.99. The second-order valence-corrected chi connectivity index (χ2v) is 5.22. The fourth-order valence-electron chi connectivity index (χ4n) is 0.873. The first-order valence-electron chi connectivity index (χ1n) is 3.67. The Bertz CT molecular complexity index is 298. The van der Waals surface area contributed by atoms with Crippen molar-refractivity contribution >= 4 is 65.1 Å². The lowest BCUT2D eigenvalue weighted by Gasteiger charge is -2.10. The molecular formula is C8H7Br3ClNO. The number of rotatable bonds is 4. The Morgan fingerprint density at radius 2 is 1.79 bits per heavy atom. The Hall–Kier alpha value is 0.710. The van der Waals surface area contributed by atoms with Gasteiger partial charge >= 0.3 is 0 Å². The largest absolute Gasteiger partial charge is 0.361 e. The second-order valence-electron chi connectivity index (χ2n) is 2.38. The molecule has 0 aliphatic heterocycles. The Kier molecular flexibility index (Phi) is 5.77. The van der Waals surface area contributed by atoms with E-state index in [0.717, 1.165) is 19.1 Å². The van der Waals surface area contributed by atoms with Gasteiger partial charge in [0.05, 0.1) is 5.69 Å². The third kappa shape index (κ3) is 3.70. The van der Waals surface area contributed by atoms with Crippen molar-refractivity contribution in [2.75, 3.05) is 18.1 Å². The molecule has 2 nitrogen and oxygen atoms in total. The van der Waals surface area contributed by atoms with Crippen molar-refractivity contribution in [2.45, 2.75) is 0 Å². The molecule has 1 aromatic rings. The minimum absolute atomic E-state index is 0.179. The minimum Gasteiger partial charge on any atom is -0.361 e. The lowest BCUT2D eigenvalue weighted by molar-refractivity contribution is 0.200. The summed E-state index contributed by atoms with van der Waals surface area (Å²) in [5.41, 5.74) is 0.943. The van der Waals surface area contributed by atoms with Gasteiger partial charge in [-0.1, -0.05) is 27.5 Å². The van der Waals surface area contributed by atoms with Crippen LogP contribution in [0.4, 0.5) is 5.69 Å². The summed E-state index contributed by atoms with van der Waals surface area (Å²) in [6.07, 6.45) is 0. The summed E-state index contributed by atoms with van der Waals surface area (Å²) in [4.78, 5) is 0. The summed E-state index contributed by atoms with van der Waals surface area (Å²) in [6, 6.07) is 4.08. The molecule has 0 spiro atoms. The van der Waals surface area contributed by atoms with Crippen molar-refractivity contribution in [3.05, 3.63) is 25.6 Å². The molecule has 0 aliphatic rings. The van der Waals surface area contributed by atoms with E-state index in [1.165, 1.54) is 0 Å². The van der Waals surface area contributed by atoms with Crippen molar-refractivity contribution in [2.24, 2.45) is 0 Å². The summed E-state index contributed by atoms with van der Waals surface area (Å²) >= 11 is 15.6. The smallest absolute Gasteiger partial charge is 0.123 e. The van der Waals surface area contributed by atoms with E-state index < -0.39 is 0 Å². The molecule has 1 rings (SSSR count). The van der Waals surface area contributed by atoms with Crippen molar-refractivity contribution in [1.29, 1.82) is 0 Å². The number of ether oxygens (including phenoxy) is 1. The molecule has 14 heavy (non-hydrogen) atoms. The molecule has 0 saturated carbocycles. The van der Waals surface area contributed by atoms with Crippen LogP contribution in [0.15, 0.2) is 25.6 Å². The predicted molar refractivity (Wildman–Crippen MR) is 69.8 cm³/mol. The van der Waals surface area contributed by atoms with Gasteiger partial charge in [0, 0.05) is 13.4 Å². The number of hydrogen-bond donors (Lipinski definition) is 1. The van der Waals surface area contributed by atoms with Crippen LogP contribution in [0.3, 0.4) is 0 Å². The van der Waals surface area contributed by atoms with Crippen molar-refractivity contribution in [1.82, 2.24) is 0 Å². The van der Waals surface area contributed by atoms with Gasteiger partial charge in [0.15, 0.2) is 0 Å². The summed E-state index contributed by atoms with van der Waals surface area (Å²) in [5, 5.41) is 3.09. The highest BCUT2D eigenvalue weighted by Gasteiger charge is 2.05. The first kappa shape index (κ1) is 12.8. The molecule has 0 fully saturated rings. The highest BCUT2D eigenvalue weighted by Crippen LogP contribution is 2.34. The van der Waals surface area contributed by atoms with Gasteiger partial charge < -0.3 is 10.1 Å². The Morgan fingerprint density at radius 3 is 2.29 bits per heavy atom. The first-order chi connectivity index (χ1) is 6.65. The summed E-state index contributed by atoms with van der Waals surface area (Å²) in [7, 11) is 0. The minimum atomic E-state index is 0.179. The molecular weight excluding hydrogens is 401 g/mol. The van der Waals surface area contributed by atoms with Crippen LogP contribution >= 0.6 is 59.4 Å². The average molecular weight is 408 g/mol. The van der Waals surface area contributed by atoms with Crippen LogP contribution in [-0.4, -0.2) is 12.8 Å². The number of anilines is 1. The van der Waals surface area contributed by atoms with Crippen LogP contribution in [0.5, 0.6) is 0 Å². The topological polar surface area (TPSA) is 21.3 Å². The van der Waals surface area contributed by atoms with E-state index >= 15 is 0 Å². The highest BCUT2D eigenvalue weighted by molar-refractivity contribution is 9.11. The van der Waals surface area contributed by atoms with Crippen LogP contribution < -0.4 is 5.32 Å². The van der Waals surface area contributed by atoms with Gasteiger partial charge in [-0.05, 0) is 44.0 Å². The maximum Gasteiger partial charge on any atom is 0.123 e. The fraction of sp³-hybridized carbons (Fsp3) is 0.250. The van der Waals surface area contributed by atoms with E-state index in [9.17, 15) is 0 Å². The molecule has 1 aromatic carbocycles. The van der Waals surface area contributed by atoms with Crippen LogP contribution in [-0.2, 0) is 4.74 Å². The van der Waals surface area contributed by atoms with Gasteiger partial charge in [0.1, 0.15) is 12.8 Å². The summed E-state index contributed by atoms with van der Waals surface area (Å²) in [6.45, 7) is 0.377.